The molecule has 1 atom stereocenters. The average Bonchev–Trinajstić information content (AvgIpc) is 2.96. The fourth-order valence-electron chi connectivity index (χ4n) is 2.95. The number of benzene rings is 1. The Kier molecular flexibility index (Phi) is 5.91. The van der Waals surface area contributed by atoms with Gasteiger partial charge < -0.3 is 24.6 Å². The highest BCUT2D eigenvalue weighted by Crippen LogP contribution is 2.34. The maximum atomic E-state index is 14.0. The summed E-state index contributed by atoms with van der Waals surface area (Å²) < 4.78 is 62.4. The maximum absolute atomic E-state index is 14.0. The number of amides is 3. The van der Waals surface area contributed by atoms with E-state index in [9.17, 15) is 27.2 Å². The Morgan fingerprint density at radius 3 is 2.52 bits per heavy atom. The van der Waals surface area contributed by atoms with Crippen molar-refractivity contribution < 1.29 is 36.6 Å². The van der Waals surface area contributed by atoms with Gasteiger partial charge in [0.05, 0.1) is 24.9 Å². The van der Waals surface area contributed by atoms with Gasteiger partial charge in [0, 0.05) is 26.4 Å². The summed E-state index contributed by atoms with van der Waals surface area (Å²) in [5, 5.41) is 2.62. The lowest BCUT2D eigenvalue weighted by molar-refractivity contribution is -0.138. The molecule has 1 aliphatic rings. The Bertz CT molecular complexity index is 1010. The van der Waals surface area contributed by atoms with Crippen LogP contribution in [0.2, 0.25) is 0 Å². The lowest BCUT2D eigenvalue weighted by atomic mass is 10.2. The molecule has 166 valence electrons. The van der Waals surface area contributed by atoms with Gasteiger partial charge >= 0.3 is 12.2 Å². The molecule has 1 saturated heterocycles. The number of methoxy groups -OCH3 is 1. The van der Waals surface area contributed by atoms with Crippen molar-refractivity contribution in [3.05, 3.63) is 41.8 Å². The number of aromatic nitrogens is 1. The molecule has 8 nitrogen and oxygen atoms in total. The molecule has 3 rings (SSSR count). The third-order valence-corrected chi connectivity index (χ3v) is 4.62. The molecule has 1 unspecified atom stereocenters. The van der Waals surface area contributed by atoms with Crippen LogP contribution in [-0.2, 0) is 11.0 Å². The molecule has 0 radical (unpaired) electrons. The van der Waals surface area contributed by atoms with Crippen LogP contribution < -0.4 is 14.8 Å². The van der Waals surface area contributed by atoms with Crippen LogP contribution in [0.1, 0.15) is 5.56 Å². The van der Waals surface area contributed by atoms with Gasteiger partial charge in [-0.25, -0.2) is 14.2 Å². The third-order valence-electron chi connectivity index (χ3n) is 4.62. The van der Waals surface area contributed by atoms with E-state index in [4.69, 9.17) is 9.47 Å². The van der Waals surface area contributed by atoms with Crippen LogP contribution in [0.4, 0.5) is 28.0 Å². The highest BCUT2D eigenvalue weighted by atomic mass is 19.4. The number of pyridine rings is 1. The fraction of sp³-hybridized carbons (Fsp3) is 0.316. The number of urea groups is 1. The normalized spacial score (nSPS) is 16.5. The average molecular weight is 442 g/mol. The number of ether oxygens (including phenoxy) is 2. The first-order valence-electron chi connectivity index (χ1n) is 8.88. The molecule has 1 fully saturated rings. The molecule has 2 heterocycles. The van der Waals surface area contributed by atoms with Crippen molar-refractivity contribution >= 4 is 17.6 Å². The molecule has 0 aliphatic carbocycles. The van der Waals surface area contributed by atoms with E-state index in [1.165, 1.54) is 42.2 Å². The number of carbonyl (C=O) groups excluding carboxylic acids is 2. The van der Waals surface area contributed by atoms with Gasteiger partial charge in [-0.05, 0) is 18.2 Å². The zero-order valence-corrected chi connectivity index (χ0v) is 16.7. The molecule has 31 heavy (non-hydrogen) atoms. The van der Waals surface area contributed by atoms with Gasteiger partial charge in [-0.2, -0.15) is 13.2 Å². The van der Waals surface area contributed by atoms with Crippen LogP contribution in [-0.4, -0.2) is 60.5 Å². The Morgan fingerprint density at radius 2 is 1.97 bits per heavy atom. The van der Waals surface area contributed by atoms with Gasteiger partial charge in [-0.15, -0.1) is 0 Å². The van der Waals surface area contributed by atoms with Crippen molar-refractivity contribution in [2.75, 3.05) is 33.1 Å². The molecule has 3 amide bonds. The van der Waals surface area contributed by atoms with E-state index in [0.717, 1.165) is 0 Å². The van der Waals surface area contributed by atoms with Crippen molar-refractivity contribution in [3.63, 3.8) is 0 Å². The smallest absolute Gasteiger partial charge is 0.417 e. The van der Waals surface area contributed by atoms with E-state index in [-0.39, 0.29) is 35.8 Å². The molecule has 12 heteroatoms. The van der Waals surface area contributed by atoms with E-state index in [1.54, 1.807) is 7.05 Å². The number of carbonyl (C=O) groups is 2. The topological polar surface area (TPSA) is 84.0 Å². The molecule has 1 N–H and O–H groups in total. The monoisotopic (exact) mass is 442 g/mol. The van der Waals surface area contributed by atoms with Crippen LogP contribution in [0.25, 0.3) is 0 Å². The van der Waals surface area contributed by atoms with Gasteiger partial charge in [0.1, 0.15) is 17.5 Å². The minimum absolute atomic E-state index is 0.00442. The number of nitrogens with one attached hydrogen (secondary N) is 1. The first-order valence-corrected chi connectivity index (χ1v) is 8.88. The Morgan fingerprint density at radius 1 is 1.26 bits per heavy atom. The van der Waals surface area contributed by atoms with Crippen molar-refractivity contribution in [2.24, 2.45) is 0 Å². The largest absolute Gasteiger partial charge is 0.495 e. The zero-order valence-electron chi connectivity index (χ0n) is 16.7. The van der Waals surface area contributed by atoms with Gasteiger partial charge in [0.25, 0.3) is 5.88 Å². The van der Waals surface area contributed by atoms with Crippen molar-refractivity contribution in [1.82, 2.24) is 14.8 Å². The van der Waals surface area contributed by atoms with E-state index in [1.807, 2.05) is 0 Å². The first-order chi connectivity index (χ1) is 14.5. The quantitative estimate of drug-likeness (QED) is 0.719. The van der Waals surface area contributed by atoms with Crippen LogP contribution in [0.5, 0.6) is 17.4 Å². The lowest BCUT2D eigenvalue weighted by Crippen LogP contribution is -2.40. The first kappa shape index (κ1) is 22.1. The third kappa shape index (κ3) is 4.62. The summed E-state index contributed by atoms with van der Waals surface area (Å²) in [7, 11) is 4.42. The number of halogens is 4. The van der Waals surface area contributed by atoms with Gasteiger partial charge in [0.15, 0.2) is 5.82 Å². The number of likely N-dealkylation sites (N-methyl/N-ethyl adjacent to an activating group) is 2. The summed E-state index contributed by atoms with van der Waals surface area (Å²) in [4.78, 5) is 30.6. The standard InChI is InChI=1S/C19H18F4N4O4/c1-26-9-14(27(2)18(26)29)16(28)25-13-7-11(4-5-15(13)30-3)31-17-12(20)6-10(8-24-17)19(21,22)23/h4-8,14H,9H2,1-3H3,(H,25,28). The Labute approximate surface area is 174 Å². The summed E-state index contributed by atoms with van der Waals surface area (Å²) in [5.41, 5.74) is -1.09. The van der Waals surface area contributed by atoms with E-state index < -0.39 is 35.4 Å². The minimum atomic E-state index is -4.74. The zero-order chi connectivity index (χ0) is 22.9. The van der Waals surface area contributed by atoms with Crippen molar-refractivity contribution in [3.8, 4) is 17.4 Å². The number of hydrogen-bond donors (Lipinski definition) is 1. The molecular weight excluding hydrogens is 424 g/mol. The predicted octanol–water partition coefficient (Wildman–Crippen LogP) is 3.34. The minimum Gasteiger partial charge on any atom is -0.495 e. The number of anilines is 1. The van der Waals surface area contributed by atoms with Crippen molar-refractivity contribution in [1.29, 1.82) is 0 Å². The van der Waals surface area contributed by atoms with Gasteiger partial charge in [-0.3, -0.25) is 4.79 Å². The summed E-state index contributed by atoms with van der Waals surface area (Å²) in [6.07, 6.45) is -4.29. The van der Waals surface area contributed by atoms with Crippen LogP contribution in [0.15, 0.2) is 30.5 Å². The van der Waals surface area contributed by atoms with Gasteiger partial charge in [-0.1, -0.05) is 0 Å². The number of rotatable bonds is 5. The number of hydrogen-bond acceptors (Lipinski definition) is 5. The van der Waals surface area contributed by atoms with E-state index >= 15 is 0 Å². The molecule has 1 aromatic carbocycles. The van der Waals surface area contributed by atoms with E-state index in [0.29, 0.717) is 6.20 Å². The highest BCUT2D eigenvalue weighted by Gasteiger charge is 2.37. The summed E-state index contributed by atoms with van der Waals surface area (Å²) >= 11 is 0. The number of alkyl halides is 3. The molecular formula is C19H18F4N4O4. The second-order valence-electron chi connectivity index (χ2n) is 6.75. The summed E-state index contributed by atoms with van der Waals surface area (Å²) in [6, 6.07) is 3.30. The van der Waals surface area contributed by atoms with Gasteiger partial charge in [0.2, 0.25) is 5.91 Å². The lowest BCUT2D eigenvalue weighted by Gasteiger charge is -2.19. The van der Waals surface area contributed by atoms with Crippen LogP contribution >= 0.6 is 0 Å². The summed E-state index contributed by atoms with van der Waals surface area (Å²) in [5.74, 6) is -2.21. The molecule has 1 aliphatic heterocycles. The second kappa shape index (κ2) is 8.28. The molecule has 1 aromatic heterocycles. The highest BCUT2D eigenvalue weighted by molar-refractivity contribution is 5.99. The molecule has 0 bridgehead atoms. The van der Waals surface area contributed by atoms with Crippen LogP contribution in [0.3, 0.4) is 0 Å². The van der Waals surface area contributed by atoms with E-state index in [2.05, 4.69) is 10.3 Å². The predicted molar refractivity (Wildman–Crippen MR) is 100 cm³/mol. The SMILES string of the molecule is COc1ccc(Oc2ncc(C(F)(F)F)cc2F)cc1NC(=O)C1CN(C)C(=O)N1C. The van der Waals surface area contributed by atoms with Crippen molar-refractivity contribution in [2.45, 2.75) is 12.2 Å². The maximum Gasteiger partial charge on any atom is 0.417 e. The number of nitrogens with zero attached hydrogens (tertiary/aromatic N) is 3. The second-order valence-corrected chi connectivity index (χ2v) is 6.75. The molecule has 2 aromatic rings. The Hall–Kier alpha value is -3.57. The molecule has 0 saturated carbocycles. The fourth-order valence-corrected chi connectivity index (χ4v) is 2.95. The summed E-state index contributed by atoms with van der Waals surface area (Å²) in [6.45, 7) is 0.181. The molecule has 0 spiro atoms. The van der Waals surface area contributed by atoms with Crippen LogP contribution in [0, 0.1) is 5.82 Å². The Balaban J connectivity index is 1.81.